The zero-order valence-electron chi connectivity index (χ0n) is 12.5. The second-order valence-corrected chi connectivity index (χ2v) is 6.28. The van der Waals surface area contributed by atoms with Gasteiger partial charge in [0.1, 0.15) is 5.82 Å². The van der Waals surface area contributed by atoms with Gasteiger partial charge in [-0.3, -0.25) is 0 Å². The molecule has 1 aromatic carbocycles. The molecule has 118 valence electrons. The summed E-state index contributed by atoms with van der Waals surface area (Å²) in [7, 11) is 0. The lowest BCUT2D eigenvalue weighted by Crippen LogP contribution is -1.96. The highest BCUT2D eigenvalue weighted by Gasteiger charge is 2.16. The lowest BCUT2D eigenvalue weighted by Gasteiger charge is -2.09. The number of aromatic nitrogens is 5. The molecule has 0 atom stereocenters. The smallest absolute Gasteiger partial charge is 0.213 e. The number of hydrogen-bond donors (Lipinski definition) is 0. The zero-order valence-corrected chi connectivity index (χ0v) is 14.1. The molecule has 3 aromatic heterocycles. The molecule has 0 saturated heterocycles. The molecule has 3 heterocycles. The monoisotopic (exact) mass is 355 g/mol. The molecule has 0 radical (unpaired) electrons. The van der Waals surface area contributed by atoms with Crippen molar-refractivity contribution in [3.63, 3.8) is 0 Å². The molecule has 0 bridgehead atoms. The van der Waals surface area contributed by atoms with E-state index >= 15 is 0 Å². The van der Waals surface area contributed by atoms with Gasteiger partial charge in [0.25, 0.3) is 0 Å². The number of halogens is 1. The van der Waals surface area contributed by atoms with E-state index in [1.54, 1.807) is 30.1 Å². The van der Waals surface area contributed by atoms with Crippen molar-refractivity contribution in [3.8, 4) is 22.5 Å². The molecule has 0 aliphatic carbocycles. The number of hydrogen-bond acceptors (Lipinski definition) is 7. The average molecular weight is 355 g/mol. The van der Waals surface area contributed by atoms with Crippen molar-refractivity contribution in [2.75, 3.05) is 6.26 Å². The van der Waals surface area contributed by atoms with Crippen LogP contribution in [0, 0.1) is 5.82 Å². The molecule has 5 nitrogen and oxygen atoms in total. The minimum atomic E-state index is -0.323. The Morgan fingerprint density at radius 2 is 1.67 bits per heavy atom. The van der Waals surface area contributed by atoms with Gasteiger partial charge in [-0.05, 0) is 30.5 Å². The number of nitrogens with zero attached hydrogens (tertiary/aromatic N) is 5. The van der Waals surface area contributed by atoms with Crippen molar-refractivity contribution >= 4 is 34.8 Å². The Morgan fingerprint density at radius 1 is 0.958 bits per heavy atom. The number of rotatable bonds is 3. The van der Waals surface area contributed by atoms with Crippen LogP contribution in [0.5, 0.6) is 0 Å². The van der Waals surface area contributed by atoms with Gasteiger partial charge in [-0.1, -0.05) is 12.1 Å². The molecule has 0 aliphatic rings. The normalized spacial score (nSPS) is 11.1. The van der Waals surface area contributed by atoms with Gasteiger partial charge in [-0.15, -0.1) is 11.8 Å². The van der Waals surface area contributed by atoms with Crippen molar-refractivity contribution < 1.29 is 4.39 Å². The van der Waals surface area contributed by atoms with Crippen LogP contribution in [0.25, 0.3) is 33.8 Å². The summed E-state index contributed by atoms with van der Waals surface area (Å²) in [5, 5.41) is 0.871. The first-order valence-corrected chi connectivity index (χ1v) is 8.97. The van der Waals surface area contributed by atoms with E-state index in [4.69, 9.17) is 0 Å². The number of thioether (sulfide) groups is 1. The summed E-state index contributed by atoms with van der Waals surface area (Å²) in [5.41, 5.74) is 3.66. The van der Waals surface area contributed by atoms with Crippen molar-refractivity contribution in [1.82, 2.24) is 23.7 Å². The Balaban J connectivity index is 2.00. The number of benzene rings is 1. The first-order valence-electron chi connectivity index (χ1n) is 7.01. The molecule has 0 unspecified atom stereocenters. The Hall–Kier alpha value is -2.45. The minimum absolute atomic E-state index is 0.323. The average Bonchev–Trinajstić information content (AvgIpc) is 3.08. The molecular weight excluding hydrogens is 345 g/mol. The Morgan fingerprint density at radius 3 is 2.33 bits per heavy atom. The fourth-order valence-electron chi connectivity index (χ4n) is 2.34. The van der Waals surface area contributed by atoms with Crippen LogP contribution in [-0.2, 0) is 0 Å². The fraction of sp³-hybridized carbons (Fsp3) is 0.0625. The number of pyridine rings is 1. The fourth-order valence-corrected chi connectivity index (χ4v) is 3.20. The second-order valence-electron chi connectivity index (χ2n) is 4.93. The highest BCUT2D eigenvalue weighted by atomic mass is 32.2. The first kappa shape index (κ1) is 15.1. The van der Waals surface area contributed by atoms with Crippen LogP contribution >= 0.6 is 23.5 Å². The van der Waals surface area contributed by atoms with Crippen LogP contribution in [0.4, 0.5) is 4.39 Å². The van der Waals surface area contributed by atoms with Gasteiger partial charge < -0.3 is 0 Å². The highest BCUT2D eigenvalue weighted by Crippen LogP contribution is 2.31. The zero-order chi connectivity index (χ0) is 16.5. The van der Waals surface area contributed by atoms with Gasteiger partial charge in [0.05, 0.1) is 28.1 Å². The largest absolute Gasteiger partial charge is 0.250 e. The molecule has 4 aromatic rings. The summed E-state index contributed by atoms with van der Waals surface area (Å²) in [6.07, 6.45) is 3.68. The van der Waals surface area contributed by atoms with Crippen LogP contribution in [0.15, 0.2) is 47.6 Å². The molecule has 4 rings (SSSR count). The minimum Gasteiger partial charge on any atom is -0.250 e. The van der Waals surface area contributed by atoms with Gasteiger partial charge in [-0.2, -0.15) is 8.75 Å². The maximum absolute atomic E-state index is 13.7. The van der Waals surface area contributed by atoms with Crippen molar-refractivity contribution in [2.45, 2.75) is 5.03 Å². The van der Waals surface area contributed by atoms with Gasteiger partial charge in [0.15, 0.2) is 0 Å². The summed E-state index contributed by atoms with van der Waals surface area (Å²) in [6, 6.07) is 10.1. The third kappa shape index (κ3) is 2.74. The molecule has 24 heavy (non-hydrogen) atoms. The predicted molar refractivity (Wildman–Crippen MR) is 93.4 cm³/mol. The summed E-state index contributed by atoms with van der Waals surface area (Å²) < 4.78 is 22.0. The van der Waals surface area contributed by atoms with E-state index in [0.717, 1.165) is 22.3 Å². The molecule has 0 aliphatic heterocycles. The molecule has 0 saturated carbocycles. The van der Waals surface area contributed by atoms with Crippen LogP contribution < -0.4 is 0 Å². The van der Waals surface area contributed by atoms with E-state index in [9.17, 15) is 4.39 Å². The summed E-state index contributed by atoms with van der Waals surface area (Å²) in [4.78, 5) is 13.4. The second kappa shape index (κ2) is 6.21. The molecule has 0 spiro atoms. The van der Waals surface area contributed by atoms with E-state index < -0.39 is 0 Å². The first-order chi connectivity index (χ1) is 11.7. The number of fused-ring (bicyclic) bond motifs is 1. The summed E-state index contributed by atoms with van der Waals surface area (Å²) in [6.45, 7) is 0. The molecule has 0 amide bonds. The van der Waals surface area contributed by atoms with E-state index in [1.165, 1.54) is 12.1 Å². The van der Waals surface area contributed by atoms with E-state index in [-0.39, 0.29) is 5.82 Å². The summed E-state index contributed by atoms with van der Waals surface area (Å²) >= 11 is 2.60. The van der Waals surface area contributed by atoms with E-state index in [1.807, 2.05) is 18.4 Å². The van der Waals surface area contributed by atoms with E-state index in [0.29, 0.717) is 28.2 Å². The van der Waals surface area contributed by atoms with Gasteiger partial charge >= 0.3 is 0 Å². The third-order valence-corrected chi connectivity index (χ3v) is 4.58. The highest BCUT2D eigenvalue weighted by molar-refractivity contribution is 7.98. The van der Waals surface area contributed by atoms with Crippen molar-refractivity contribution in [2.24, 2.45) is 0 Å². The molecule has 0 N–H and O–H groups in total. The van der Waals surface area contributed by atoms with Crippen molar-refractivity contribution in [1.29, 1.82) is 0 Å². The van der Waals surface area contributed by atoms with Crippen LogP contribution in [0.3, 0.4) is 0 Å². The lowest BCUT2D eigenvalue weighted by molar-refractivity contribution is 0.628. The maximum atomic E-state index is 13.7. The van der Waals surface area contributed by atoms with Crippen molar-refractivity contribution in [3.05, 3.63) is 48.4 Å². The SMILES string of the molecule is CSc1cc(-c2nc3nsnc3nc2-c2cccc(F)c2)ccn1. The van der Waals surface area contributed by atoms with E-state index in [2.05, 4.69) is 23.7 Å². The Labute approximate surface area is 145 Å². The van der Waals surface area contributed by atoms with Gasteiger partial charge in [-0.25, -0.2) is 19.3 Å². The van der Waals surface area contributed by atoms with Gasteiger partial charge in [0.2, 0.25) is 11.3 Å². The third-order valence-electron chi connectivity index (χ3n) is 3.43. The van der Waals surface area contributed by atoms with Gasteiger partial charge in [0, 0.05) is 17.3 Å². The molecule has 8 heteroatoms. The van der Waals surface area contributed by atoms with Crippen LogP contribution in [0.2, 0.25) is 0 Å². The quantitative estimate of drug-likeness (QED) is 0.516. The Kier molecular flexibility index (Phi) is 3.91. The van der Waals surface area contributed by atoms with Crippen LogP contribution in [0.1, 0.15) is 0 Å². The lowest BCUT2D eigenvalue weighted by atomic mass is 10.0. The predicted octanol–water partition coefficient (Wildman–Crippen LogP) is 4.07. The standard InChI is InChI=1S/C16H10FN5S2/c1-23-12-8-10(5-6-18-12)14-13(9-3-2-4-11(17)7-9)19-15-16(20-14)22-24-21-15/h2-8H,1H3. The maximum Gasteiger partial charge on any atom is 0.213 e. The van der Waals surface area contributed by atoms with Crippen LogP contribution in [-0.4, -0.2) is 30.0 Å². The summed E-state index contributed by atoms with van der Waals surface area (Å²) in [5.74, 6) is -0.323. The molecule has 0 fully saturated rings. The topological polar surface area (TPSA) is 64.5 Å². The Bertz CT molecular complexity index is 1030. The molecular formula is C16H10FN5S2.